The van der Waals surface area contributed by atoms with Gasteiger partial charge >= 0.3 is 0 Å². The summed E-state index contributed by atoms with van der Waals surface area (Å²) in [6, 6.07) is 12.8. The summed E-state index contributed by atoms with van der Waals surface area (Å²) >= 11 is 11.8. The van der Waals surface area contributed by atoms with Crippen LogP contribution in [0.15, 0.2) is 53.4 Å². The molecule has 0 saturated carbocycles. The lowest BCUT2D eigenvalue weighted by Crippen LogP contribution is -2.28. The first-order chi connectivity index (χ1) is 9.92. The van der Waals surface area contributed by atoms with Gasteiger partial charge in [-0.25, -0.2) is 13.1 Å². The number of nitrogens with one attached hydrogen (secondary N) is 1. The Morgan fingerprint density at radius 1 is 1.00 bits per heavy atom. The number of hydrogen-bond acceptors (Lipinski definition) is 3. The SMILES string of the molecule is O=S(=O)(NCC(O)c1ccccc1Cl)c1ccccc1Cl. The highest BCUT2D eigenvalue weighted by molar-refractivity contribution is 7.89. The summed E-state index contributed by atoms with van der Waals surface area (Å²) in [7, 11) is -3.79. The fraction of sp³-hybridized carbons (Fsp3) is 0.143. The molecule has 0 saturated heterocycles. The first-order valence-corrected chi connectivity index (χ1v) is 8.32. The van der Waals surface area contributed by atoms with E-state index in [1.165, 1.54) is 12.1 Å². The molecule has 0 aliphatic rings. The molecule has 0 radical (unpaired) electrons. The summed E-state index contributed by atoms with van der Waals surface area (Å²) in [4.78, 5) is -0.0296. The maximum absolute atomic E-state index is 12.1. The maximum Gasteiger partial charge on any atom is 0.242 e. The van der Waals surface area contributed by atoms with E-state index in [1.807, 2.05) is 0 Å². The van der Waals surface area contributed by atoms with Crippen molar-refractivity contribution in [2.45, 2.75) is 11.0 Å². The minimum Gasteiger partial charge on any atom is -0.387 e. The molecule has 0 fully saturated rings. The van der Waals surface area contributed by atoms with E-state index in [9.17, 15) is 13.5 Å². The second-order valence-corrected chi connectivity index (χ2v) is 6.87. The summed E-state index contributed by atoms with van der Waals surface area (Å²) in [5.41, 5.74) is 0.459. The second-order valence-electron chi connectivity index (χ2n) is 4.32. The number of benzene rings is 2. The van der Waals surface area contributed by atoms with Gasteiger partial charge in [0.2, 0.25) is 10.0 Å². The summed E-state index contributed by atoms with van der Waals surface area (Å²) < 4.78 is 26.6. The monoisotopic (exact) mass is 345 g/mol. The van der Waals surface area contributed by atoms with Gasteiger partial charge < -0.3 is 5.11 Å². The summed E-state index contributed by atoms with van der Waals surface area (Å²) in [6.07, 6.45) is -1.05. The van der Waals surface area contributed by atoms with E-state index >= 15 is 0 Å². The van der Waals surface area contributed by atoms with Gasteiger partial charge in [0, 0.05) is 17.1 Å². The topological polar surface area (TPSA) is 66.4 Å². The van der Waals surface area contributed by atoms with Gasteiger partial charge in [-0.2, -0.15) is 0 Å². The third-order valence-corrected chi connectivity index (χ3v) is 5.12. The summed E-state index contributed by atoms with van der Waals surface area (Å²) in [6.45, 7) is -0.197. The van der Waals surface area contributed by atoms with Crippen LogP contribution < -0.4 is 4.72 Å². The van der Waals surface area contributed by atoms with Crippen LogP contribution in [-0.4, -0.2) is 20.1 Å². The van der Waals surface area contributed by atoms with Crippen LogP contribution in [0.3, 0.4) is 0 Å². The highest BCUT2D eigenvalue weighted by Gasteiger charge is 2.19. The molecule has 0 heterocycles. The van der Waals surface area contributed by atoms with Crippen molar-refractivity contribution in [2.24, 2.45) is 0 Å². The Labute approximate surface area is 133 Å². The third kappa shape index (κ3) is 3.96. The van der Waals surface area contributed by atoms with Gasteiger partial charge in [-0.05, 0) is 18.2 Å². The number of aliphatic hydroxyl groups excluding tert-OH is 1. The molecule has 2 N–H and O–H groups in total. The highest BCUT2D eigenvalue weighted by Crippen LogP contribution is 2.23. The number of aliphatic hydroxyl groups is 1. The standard InChI is InChI=1S/C14H13Cl2NO3S/c15-11-6-2-1-5-10(11)13(18)9-17-21(19,20)14-8-4-3-7-12(14)16/h1-8,13,17-18H,9H2. The van der Waals surface area contributed by atoms with Gasteiger partial charge in [0.15, 0.2) is 0 Å². The lowest BCUT2D eigenvalue weighted by molar-refractivity contribution is 0.182. The van der Waals surface area contributed by atoms with Crippen molar-refractivity contribution in [3.05, 3.63) is 64.1 Å². The Bertz CT molecular complexity index is 735. The fourth-order valence-corrected chi connectivity index (χ4v) is 3.60. The number of halogens is 2. The average Bonchev–Trinajstić information content (AvgIpc) is 2.45. The van der Waals surface area contributed by atoms with E-state index < -0.39 is 16.1 Å². The highest BCUT2D eigenvalue weighted by atomic mass is 35.5. The van der Waals surface area contributed by atoms with Crippen molar-refractivity contribution in [1.29, 1.82) is 0 Å². The lowest BCUT2D eigenvalue weighted by Gasteiger charge is -2.14. The van der Waals surface area contributed by atoms with E-state index in [-0.39, 0.29) is 16.5 Å². The molecule has 1 atom stereocenters. The number of hydrogen-bond donors (Lipinski definition) is 2. The number of sulfonamides is 1. The Morgan fingerprint density at radius 3 is 2.19 bits per heavy atom. The van der Waals surface area contributed by atoms with Crippen molar-refractivity contribution < 1.29 is 13.5 Å². The zero-order valence-electron chi connectivity index (χ0n) is 10.8. The van der Waals surface area contributed by atoms with E-state index in [1.54, 1.807) is 36.4 Å². The van der Waals surface area contributed by atoms with Crippen molar-refractivity contribution in [2.75, 3.05) is 6.54 Å². The quantitative estimate of drug-likeness (QED) is 0.875. The molecule has 0 aliphatic heterocycles. The van der Waals surface area contributed by atoms with Crippen LogP contribution in [0.25, 0.3) is 0 Å². The predicted molar refractivity (Wildman–Crippen MR) is 83.1 cm³/mol. The van der Waals surface area contributed by atoms with Crippen LogP contribution in [0.1, 0.15) is 11.7 Å². The normalized spacial score (nSPS) is 13.1. The smallest absolute Gasteiger partial charge is 0.242 e. The molecule has 0 amide bonds. The molecule has 112 valence electrons. The molecule has 0 spiro atoms. The first kappa shape index (κ1) is 16.3. The zero-order valence-corrected chi connectivity index (χ0v) is 13.2. The lowest BCUT2D eigenvalue weighted by atomic mass is 10.1. The average molecular weight is 346 g/mol. The molecule has 2 rings (SSSR count). The molecular formula is C14H13Cl2NO3S. The summed E-state index contributed by atoms with van der Waals surface area (Å²) in [5.74, 6) is 0. The third-order valence-electron chi connectivity index (χ3n) is 2.86. The van der Waals surface area contributed by atoms with Crippen LogP contribution in [0, 0.1) is 0 Å². The number of rotatable bonds is 5. The molecule has 1 unspecified atom stereocenters. The van der Waals surface area contributed by atoms with Crippen LogP contribution in [-0.2, 0) is 10.0 Å². The van der Waals surface area contributed by atoms with Crippen LogP contribution in [0.4, 0.5) is 0 Å². The Kier molecular flexibility index (Phi) is 5.24. The van der Waals surface area contributed by atoms with Crippen molar-refractivity contribution in [3.8, 4) is 0 Å². The van der Waals surface area contributed by atoms with E-state index in [0.717, 1.165) is 0 Å². The molecule has 2 aromatic rings. The van der Waals surface area contributed by atoms with Gasteiger partial charge in [-0.3, -0.25) is 0 Å². The second kappa shape index (κ2) is 6.77. The van der Waals surface area contributed by atoms with Gasteiger partial charge in [0.05, 0.1) is 11.1 Å². The molecule has 0 aromatic heterocycles. The van der Waals surface area contributed by atoms with E-state index in [0.29, 0.717) is 10.6 Å². The molecule has 21 heavy (non-hydrogen) atoms. The van der Waals surface area contributed by atoms with Crippen LogP contribution in [0.5, 0.6) is 0 Å². The van der Waals surface area contributed by atoms with Crippen LogP contribution >= 0.6 is 23.2 Å². The van der Waals surface area contributed by atoms with Gasteiger partial charge in [0.25, 0.3) is 0 Å². The Balaban J connectivity index is 2.13. The van der Waals surface area contributed by atoms with Crippen molar-refractivity contribution >= 4 is 33.2 Å². The predicted octanol–water partition coefficient (Wildman–Crippen LogP) is 3.01. The van der Waals surface area contributed by atoms with E-state index in [2.05, 4.69) is 4.72 Å². The van der Waals surface area contributed by atoms with Crippen molar-refractivity contribution in [1.82, 2.24) is 4.72 Å². The zero-order chi connectivity index (χ0) is 15.5. The van der Waals surface area contributed by atoms with Gasteiger partial charge in [-0.15, -0.1) is 0 Å². The Hall–Kier alpha value is -1.11. The molecular weight excluding hydrogens is 333 g/mol. The largest absolute Gasteiger partial charge is 0.387 e. The van der Waals surface area contributed by atoms with E-state index in [4.69, 9.17) is 23.2 Å². The summed E-state index contributed by atoms with van der Waals surface area (Å²) in [5, 5.41) is 10.5. The molecule has 2 aromatic carbocycles. The molecule has 0 aliphatic carbocycles. The maximum atomic E-state index is 12.1. The minimum atomic E-state index is -3.79. The fourth-order valence-electron chi connectivity index (χ4n) is 1.78. The Morgan fingerprint density at radius 2 is 1.57 bits per heavy atom. The van der Waals surface area contributed by atoms with Crippen molar-refractivity contribution in [3.63, 3.8) is 0 Å². The first-order valence-electron chi connectivity index (χ1n) is 6.08. The van der Waals surface area contributed by atoms with Crippen LogP contribution in [0.2, 0.25) is 10.0 Å². The molecule has 0 bridgehead atoms. The van der Waals surface area contributed by atoms with Gasteiger partial charge in [0.1, 0.15) is 4.90 Å². The minimum absolute atomic E-state index is 0.0296. The van der Waals surface area contributed by atoms with Gasteiger partial charge in [-0.1, -0.05) is 53.5 Å². The molecule has 4 nitrogen and oxygen atoms in total. The molecule has 7 heteroatoms.